The van der Waals surface area contributed by atoms with E-state index in [0.29, 0.717) is 11.6 Å². The third kappa shape index (κ3) is 3.50. The van der Waals surface area contributed by atoms with E-state index in [4.69, 9.17) is 23.8 Å². The van der Waals surface area contributed by atoms with Crippen LogP contribution in [0.15, 0.2) is 22.7 Å². The summed E-state index contributed by atoms with van der Waals surface area (Å²) in [6.45, 7) is 2.41. The van der Waals surface area contributed by atoms with Crippen molar-refractivity contribution in [3.8, 4) is 12.3 Å². The second-order valence-electron chi connectivity index (χ2n) is 3.52. The van der Waals surface area contributed by atoms with Gasteiger partial charge in [-0.3, -0.25) is 5.32 Å². The summed E-state index contributed by atoms with van der Waals surface area (Å²) in [4.78, 5) is 0. The van der Waals surface area contributed by atoms with E-state index in [-0.39, 0.29) is 12.1 Å². The van der Waals surface area contributed by atoms with Crippen LogP contribution in [-0.2, 0) is 0 Å². The second-order valence-corrected chi connectivity index (χ2v) is 4.78. The number of hydrogen-bond acceptors (Lipinski definition) is 2. The summed E-state index contributed by atoms with van der Waals surface area (Å²) in [5.74, 6) is 2.62. The zero-order valence-electron chi connectivity index (χ0n) is 9.00. The number of halogens is 2. The lowest BCUT2D eigenvalue weighted by molar-refractivity contribution is 0.518. The summed E-state index contributed by atoms with van der Waals surface area (Å²) in [5, 5.41) is 3.94. The maximum absolute atomic E-state index is 5.93. The standard InChI is InChI=1S/C12H14BrClN2/c1-3-8(2)16-12(7-15)9-4-5-11(14)10(13)6-9/h1,4-6,8,12,16H,7,15H2,2H3. The Labute approximate surface area is 110 Å². The van der Waals surface area contributed by atoms with Gasteiger partial charge in [-0.1, -0.05) is 23.6 Å². The average Bonchev–Trinajstić information content (AvgIpc) is 2.29. The third-order valence-electron chi connectivity index (χ3n) is 2.28. The Kier molecular flexibility index (Phi) is 5.30. The molecule has 3 N–H and O–H groups in total. The van der Waals surface area contributed by atoms with E-state index in [2.05, 4.69) is 27.2 Å². The molecule has 86 valence electrons. The molecule has 2 atom stereocenters. The molecule has 2 unspecified atom stereocenters. The number of rotatable bonds is 4. The minimum Gasteiger partial charge on any atom is -0.329 e. The first-order chi connectivity index (χ1) is 7.58. The van der Waals surface area contributed by atoms with Crippen molar-refractivity contribution in [3.05, 3.63) is 33.3 Å². The van der Waals surface area contributed by atoms with Crippen LogP contribution in [0.5, 0.6) is 0 Å². The molecule has 16 heavy (non-hydrogen) atoms. The maximum atomic E-state index is 5.93. The molecule has 1 aromatic carbocycles. The second kappa shape index (κ2) is 6.27. The highest BCUT2D eigenvalue weighted by Crippen LogP contribution is 2.25. The number of hydrogen-bond donors (Lipinski definition) is 2. The van der Waals surface area contributed by atoms with Crippen LogP contribution in [0.2, 0.25) is 5.02 Å². The fourth-order valence-electron chi connectivity index (χ4n) is 1.38. The fraction of sp³-hybridized carbons (Fsp3) is 0.333. The number of terminal acetylenes is 1. The summed E-state index contributed by atoms with van der Waals surface area (Å²) in [5.41, 5.74) is 6.79. The van der Waals surface area contributed by atoms with E-state index in [0.717, 1.165) is 10.0 Å². The van der Waals surface area contributed by atoms with E-state index in [1.807, 2.05) is 25.1 Å². The molecule has 2 nitrogen and oxygen atoms in total. The smallest absolute Gasteiger partial charge is 0.0663 e. The summed E-state index contributed by atoms with van der Waals surface area (Å²) < 4.78 is 0.861. The Morgan fingerprint density at radius 2 is 2.31 bits per heavy atom. The van der Waals surface area contributed by atoms with Crippen molar-refractivity contribution in [2.24, 2.45) is 5.73 Å². The minimum atomic E-state index is -0.0111. The molecule has 0 spiro atoms. The minimum absolute atomic E-state index is 0.0111. The van der Waals surface area contributed by atoms with Gasteiger partial charge in [0.2, 0.25) is 0 Å². The Morgan fingerprint density at radius 3 is 2.81 bits per heavy atom. The van der Waals surface area contributed by atoms with Gasteiger partial charge < -0.3 is 5.73 Å². The van der Waals surface area contributed by atoms with Crippen LogP contribution in [0, 0.1) is 12.3 Å². The van der Waals surface area contributed by atoms with Crippen molar-refractivity contribution in [3.63, 3.8) is 0 Å². The maximum Gasteiger partial charge on any atom is 0.0663 e. The monoisotopic (exact) mass is 300 g/mol. The van der Waals surface area contributed by atoms with Crippen molar-refractivity contribution in [2.45, 2.75) is 19.0 Å². The molecule has 0 heterocycles. The van der Waals surface area contributed by atoms with Crippen molar-refractivity contribution in [1.82, 2.24) is 5.32 Å². The lowest BCUT2D eigenvalue weighted by atomic mass is 10.1. The van der Waals surface area contributed by atoms with E-state index < -0.39 is 0 Å². The fourth-order valence-corrected chi connectivity index (χ4v) is 1.89. The Hall–Kier alpha value is -0.530. The largest absolute Gasteiger partial charge is 0.329 e. The van der Waals surface area contributed by atoms with Gasteiger partial charge in [-0.05, 0) is 40.5 Å². The molecule has 4 heteroatoms. The molecule has 0 fully saturated rings. The first kappa shape index (κ1) is 13.5. The molecular formula is C12H14BrClN2. The van der Waals surface area contributed by atoms with E-state index in [1.165, 1.54) is 0 Å². The molecule has 0 bridgehead atoms. The first-order valence-corrected chi connectivity index (χ1v) is 6.12. The van der Waals surface area contributed by atoms with Crippen LogP contribution in [0.4, 0.5) is 0 Å². The zero-order valence-corrected chi connectivity index (χ0v) is 11.3. The van der Waals surface area contributed by atoms with Gasteiger partial charge in [-0.25, -0.2) is 0 Å². The number of nitrogens with one attached hydrogen (secondary N) is 1. The molecule has 0 amide bonds. The van der Waals surface area contributed by atoms with Gasteiger partial charge in [0.1, 0.15) is 0 Å². The van der Waals surface area contributed by atoms with E-state index >= 15 is 0 Å². The van der Waals surface area contributed by atoms with Crippen LogP contribution in [-0.4, -0.2) is 12.6 Å². The first-order valence-electron chi connectivity index (χ1n) is 4.95. The van der Waals surface area contributed by atoms with Crippen molar-refractivity contribution < 1.29 is 0 Å². The SMILES string of the molecule is C#CC(C)NC(CN)c1ccc(Cl)c(Br)c1. The lowest BCUT2D eigenvalue weighted by Gasteiger charge is -2.20. The summed E-state index contributed by atoms with van der Waals surface area (Å²) in [6.07, 6.45) is 5.32. The van der Waals surface area contributed by atoms with Crippen molar-refractivity contribution in [2.75, 3.05) is 6.54 Å². The summed E-state index contributed by atoms with van der Waals surface area (Å²) >= 11 is 9.32. The lowest BCUT2D eigenvalue weighted by Crippen LogP contribution is -2.34. The zero-order chi connectivity index (χ0) is 12.1. The molecule has 0 aromatic heterocycles. The van der Waals surface area contributed by atoms with Crippen LogP contribution >= 0.6 is 27.5 Å². The quantitative estimate of drug-likeness (QED) is 0.839. The Bertz CT molecular complexity index is 400. The third-order valence-corrected chi connectivity index (χ3v) is 3.50. The van der Waals surface area contributed by atoms with Crippen molar-refractivity contribution in [1.29, 1.82) is 0 Å². The van der Waals surface area contributed by atoms with Gasteiger partial charge in [0.05, 0.1) is 11.1 Å². The van der Waals surface area contributed by atoms with Crippen LogP contribution < -0.4 is 11.1 Å². The van der Waals surface area contributed by atoms with Gasteiger partial charge >= 0.3 is 0 Å². The van der Waals surface area contributed by atoms with E-state index in [1.54, 1.807) is 0 Å². The van der Waals surface area contributed by atoms with Gasteiger partial charge in [0.25, 0.3) is 0 Å². The summed E-state index contributed by atoms with van der Waals surface area (Å²) in [7, 11) is 0. The molecule has 0 aliphatic carbocycles. The Morgan fingerprint density at radius 1 is 1.62 bits per heavy atom. The van der Waals surface area contributed by atoms with Gasteiger partial charge in [0.15, 0.2) is 0 Å². The predicted octanol–water partition coefficient (Wildman–Crippen LogP) is 2.71. The topological polar surface area (TPSA) is 38.0 Å². The molecule has 0 saturated heterocycles. The highest BCUT2D eigenvalue weighted by atomic mass is 79.9. The van der Waals surface area contributed by atoms with E-state index in [9.17, 15) is 0 Å². The molecule has 0 aliphatic heterocycles. The molecule has 1 aromatic rings. The van der Waals surface area contributed by atoms with Crippen LogP contribution in [0.3, 0.4) is 0 Å². The summed E-state index contributed by atoms with van der Waals surface area (Å²) in [6, 6.07) is 5.77. The normalized spacial score (nSPS) is 14.2. The van der Waals surface area contributed by atoms with Gasteiger partial charge in [0, 0.05) is 17.1 Å². The molecule has 1 rings (SSSR count). The molecule has 0 aliphatic rings. The van der Waals surface area contributed by atoms with Gasteiger partial charge in [-0.15, -0.1) is 6.42 Å². The van der Waals surface area contributed by atoms with Gasteiger partial charge in [-0.2, -0.15) is 0 Å². The number of nitrogens with two attached hydrogens (primary N) is 1. The van der Waals surface area contributed by atoms with Crippen LogP contribution in [0.25, 0.3) is 0 Å². The van der Waals surface area contributed by atoms with Crippen molar-refractivity contribution >= 4 is 27.5 Å². The predicted molar refractivity (Wildman–Crippen MR) is 72.4 cm³/mol. The number of benzene rings is 1. The molecule has 0 saturated carbocycles. The Balaban J connectivity index is 2.87. The highest BCUT2D eigenvalue weighted by Gasteiger charge is 2.12. The van der Waals surface area contributed by atoms with Crippen LogP contribution in [0.1, 0.15) is 18.5 Å². The average molecular weight is 302 g/mol. The molecular weight excluding hydrogens is 288 g/mol. The molecule has 0 radical (unpaired) electrons. The highest BCUT2D eigenvalue weighted by molar-refractivity contribution is 9.10.